The van der Waals surface area contributed by atoms with Crippen LogP contribution in [-0.4, -0.2) is 40.3 Å². The molecule has 5 nitrogen and oxygen atoms in total. The van der Waals surface area contributed by atoms with Crippen LogP contribution in [0.2, 0.25) is 0 Å². The molecular formula is C23H33NO4S2. The van der Waals surface area contributed by atoms with E-state index in [1.807, 2.05) is 30.3 Å². The standard InChI is InChI=1S/C23H33NO4S2/c1-18(25)30-16-20-13-9-4-2-3-5-10-14-29-17-21(24-22(20)26)23(27)28-15-19-11-7-6-8-12-19/h6-8,11-12,20-21H,2-5,9-10,13-17H2,1H3,(H,24,26)/t20?,21-/m0/s1. The first-order valence-corrected chi connectivity index (χ1v) is 12.9. The fourth-order valence-corrected chi connectivity index (χ4v) is 5.08. The number of carbonyl (C=O) groups is 3. The Morgan fingerprint density at radius 1 is 1.10 bits per heavy atom. The van der Waals surface area contributed by atoms with Crippen LogP contribution in [0.3, 0.4) is 0 Å². The Morgan fingerprint density at radius 3 is 2.53 bits per heavy atom. The third-order valence-electron chi connectivity index (χ3n) is 5.06. The summed E-state index contributed by atoms with van der Waals surface area (Å²) in [6.45, 7) is 1.71. The van der Waals surface area contributed by atoms with Crippen LogP contribution in [0.15, 0.2) is 30.3 Å². The number of nitrogens with one attached hydrogen (secondary N) is 1. The van der Waals surface area contributed by atoms with Crippen molar-refractivity contribution in [2.75, 3.05) is 17.3 Å². The number of hydrogen-bond donors (Lipinski definition) is 1. The summed E-state index contributed by atoms with van der Waals surface area (Å²) in [7, 11) is 0. The van der Waals surface area contributed by atoms with Crippen LogP contribution in [-0.2, 0) is 25.7 Å². The third kappa shape index (κ3) is 10.0. The molecule has 1 heterocycles. The molecule has 7 heteroatoms. The molecule has 1 fully saturated rings. The predicted octanol–water partition coefficient (Wildman–Crippen LogP) is 4.59. The smallest absolute Gasteiger partial charge is 0.329 e. The first kappa shape index (κ1) is 24.8. The lowest BCUT2D eigenvalue weighted by atomic mass is 10.0. The van der Waals surface area contributed by atoms with Gasteiger partial charge in [-0.2, -0.15) is 11.8 Å². The Morgan fingerprint density at radius 2 is 1.80 bits per heavy atom. The number of rotatable bonds is 5. The molecule has 0 radical (unpaired) electrons. The molecule has 1 aromatic carbocycles. The molecule has 2 rings (SSSR count). The molecule has 0 saturated carbocycles. The number of hydrogen-bond acceptors (Lipinski definition) is 6. The van der Waals surface area contributed by atoms with E-state index in [-0.39, 0.29) is 23.5 Å². The summed E-state index contributed by atoms with van der Waals surface area (Å²) in [6, 6.07) is 8.86. The number of thioether (sulfide) groups is 2. The van der Waals surface area contributed by atoms with Gasteiger partial charge in [-0.15, -0.1) is 0 Å². The summed E-state index contributed by atoms with van der Waals surface area (Å²) >= 11 is 2.87. The summed E-state index contributed by atoms with van der Waals surface area (Å²) < 4.78 is 5.49. The highest BCUT2D eigenvalue weighted by Crippen LogP contribution is 2.20. The maximum atomic E-state index is 12.9. The Balaban J connectivity index is 2.00. The largest absolute Gasteiger partial charge is 0.459 e. The molecule has 1 unspecified atom stereocenters. The SMILES string of the molecule is CC(=O)SCC1CCCCCCCCSC[C@@H](C(=O)OCc2ccccc2)NC1=O. The van der Waals surface area contributed by atoms with Gasteiger partial charge in [-0.1, -0.05) is 74.2 Å². The highest BCUT2D eigenvalue weighted by molar-refractivity contribution is 8.13. The lowest BCUT2D eigenvalue weighted by Gasteiger charge is -2.22. The zero-order valence-corrected chi connectivity index (χ0v) is 19.4. The van der Waals surface area contributed by atoms with E-state index in [2.05, 4.69) is 5.32 Å². The molecule has 1 amide bonds. The van der Waals surface area contributed by atoms with Crippen molar-refractivity contribution in [1.29, 1.82) is 0 Å². The number of amides is 1. The van der Waals surface area contributed by atoms with Gasteiger partial charge in [0.2, 0.25) is 5.91 Å². The van der Waals surface area contributed by atoms with Crippen molar-refractivity contribution >= 4 is 40.5 Å². The van der Waals surface area contributed by atoms with Crippen LogP contribution in [0.25, 0.3) is 0 Å². The molecule has 2 atom stereocenters. The number of carbonyl (C=O) groups excluding carboxylic acids is 3. The fourth-order valence-electron chi connectivity index (χ4n) is 3.30. The van der Waals surface area contributed by atoms with Gasteiger partial charge in [0.25, 0.3) is 0 Å². The maximum absolute atomic E-state index is 12.9. The minimum absolute atomic E-state index is 0.0107. The van der Waals surface area contributed by atoms with Crippen LogP contribution in [0.1, 0.15) is 57.4 Å². The molecule has 0 spiro atoms. The lowest BCUT2D eigenvalue weighted by molar-refractivity contribution is -0.148. The average molecular weight is 452 g/mol. The van der Waals surface area contributed by atoms with E-state index in [1.165, 1.54) is 37.9 Å². The van der Waals surface area contributed by atoms with Crippen molar-refractivity contribution in [2.24, 2.45) is 5.92 Å². The van der Waals surface area contributed by atoms with Gasteiger partial charge in [-0.3, -0.25) is 9.59 Å². The zero-order valence-electron chi connectivity index (χ0n) is 17.8. The van der Waals surface area contributed by atoms with Crippen molar-refractivity contribution in [3.63, 3.8) is 0 Å². The number of benzene rings is 1. The molecule has 0 aliphatic carbocycles. The third-order valence-corrected chi connectivity index (χ3v) is 7.18. The van der Waals surface area contributed by atoms with Gasteiger partial charge in [0.05, 0.1) is 0 Å². The Bertz CT molecular complexity index is 668. The van der Waals surface area contributed by atoms with Crippen LogP contribution in [0.5, 0.6) is 0 Å². The summed E-state index contributed by atoms with van der Waals surface area (Å²) in [6.07, 6.45) is 7.54. The first-order chi connectivity index (χ1) is 14.6. The summed E-state index contributed by atoms with van der Waals surface area (Å²) in [4.78, 5) is 37.1. The van der Waals surface area contributed by atoms with E-state index < -0.39 is 12.0 Å². The van der Waals surface area contributed by atoms with E-state index in [4.69, 9.17) is 4.74 Å². The van der Waals surface area contributed by atoms with Crippen LogP contribution in [0, 0.1) is 5.92 Å². The van der Waals surface area contributed by atoms with Gasteiger partial charge in [-0.25, -0.2) is 4.79 Å². The van der Waals surface area contributed by atoms with E-state index in [0.717, 1.165) is 37.0 Å². The average Bonchev–Trinajstić information content (AvgIpc) is 2.74. The van der Waals surface area contributed by atoms with Gasteiger partial charge in [0.1, 0.15) is 12.6 Å². The molecule has 1 aliphatic rings. The van der Waals surface area contributed by atoms with Gasteiger partial charge < -0.3 is 10.1 Å². The van der Waals surface area contributed by atoms with Gasteiger partial charge in [0.15, 0.2) is 5.12 Å². The van der Waals surface area contributed by atoms with E-state index in [9.17, 15) is 14.4 Å². The molecule has 1 aromatic rings. The van der Waals surface area contributed by atoms with Gasteiger partial charge >= 0.3 is 5.97 Å². The summed E-state index contributed by atoms with van der Waals surface area (Å²) in [5.41, 5.74) is 0.918. The normalized spacial score (nSPS) is 21.8. The van der Waals surface area contributed by atoms with E-state index in [1.54, 1.807) is 11.8 Å². The Kier molecular flexibility index (Phi) is 12.0. The predicted molar refractivity (Wildman–Crippen MR) is 124 cm³/mol. The van der Waals surface area contributed by atoms with Crippen LogP contribution < -0.4 is 5.32 Å². The molecule has 0 bridgehead atoms. The summed E-state index contributed by atoms with van der Waals surface area (Å²) in [5.74, 6) is 1.12. The molecule has 166 valence electrons. The minimum Gasteiger partial charge on any atom is -0.459 e. The molecular weight excluding hydrogens is 418 g/mol. The quantitative estimate of drug-likeness (QED) is 0.660. The minimum atomic E-state index is -0.668. The number of ether oxygens (including phenoxy) is 1. The Labute approximate surface area is 188 Å². The van der Waals surface area contributed by atoms with Crippen molar-refractivity contribution in [2.45, 2.75) is 64.5 Å². The second kappa shape index (κ2) is 14.5. The molecule has 1 aliphatic heterocycles. The second-order valence-corrected chi connectivity index (χ2v) is 9.99. The Hall–Kier alpha value is -1.47. The van der Waals surface area contributed by atoms with Crippen molar-refractivity contribution in [3.8, 4) is 0 Å². The van der Waals surface area contributed by atoms with Crippen molar-refractivity contribution in [3.05, 3.63) is 35.9 Å². The molecule has 0 aromatic heterocycles. The van der Waals surface area contributed by atoms with E-state index >= 15 is 0 Å². The number of esters is 1. The zero-order chi connectivity index (χ0) is 21.6. The molecule has 1 saturated heterocycles. The summed E-state index contributed by atoms with van der Waals surface area (Å²) in [5, 5.41) is 2.93. The van der Waals surface area contributed by atoms with Crippen molar-refractivity contribution < 1.29 is 19.1 Å². The molecule has 30 heavy (non-hydrogen) atoms. The maximum Gasteiger partial charge on any atom is 0.329 e. The molecule has 1 N–H and O–H groups in total. The topological polar surface area (TPSA) is 72.5 Å². The first-order valence-electron chi connectivity index (χ1n) is 10.8. The van der Waals surface area contributed by atoms with Gasteiger partial charge in [-0.05, 0) is 24.2 Å². The lowest BCUT2D eigenvalue weighted by Crippen LogP contribution is -2.46. The van der Waals surface area contributed by atoms with Crippen LogP contribution >= 0.6 is 23.5 Å². The van der Waals surface area contributed by atoms with Gasteiger partial charge in [0, 0.05) is 24.3 Å². The monoisotopic (exact) mass is 451 g/mol. The fraction of sp³-hybridized carbons (Fsp3) is 0.609. The second-order valence-electron chi connectivity index (χ2n) is 7.64. The van der Waals surface area contributed by atoms with Crippen LogP contribution in [0.4, 0.5) is 0 Å². The van der Waals surface area contributed by atoms with Crippen molar-refractivity contribution in [1.82, 2.24) is 5.32 Å². The van der Waals surface area contributed by atoms with E-state index in [0.29, 0.717) is 11.5 Å². The highest BCUT2D eigenvalue weighted by Gasteiger charge is 2.27. The highest BCUT2D eigenvalue weighted by atomic mass is 32.2.